The van der Waals surface area contributed by atoms with E-state index in [1.807, 2.05) is 0 Å². The van der Waals surface area contributed by atoms with Crippen molar-refractivity contribution in [2.45, 2.75) is 25.7 Å². The summed E-state index contributed by atoms with van der Waals surface area (Å²) in [5.74, 6) is 0. The fraction of sp³-hybridized carbons (Fsp3) is 0.500. The zero-order chi connectivity index (χ0) is 13.3. The average Bonchev–Trinajstić information content (AvgIpc) is 1.94. The molecule has 0 amide bonds. The van der Waals surface area contributed by atoms with Gasteiger partial charge in [-0.25, -0.2) is 19.2 Å². The summed E-state index contributed by atoms with van der Waals surface area (Å²) in [6.07, 6.45) is -1.82. The second kappa shape index (κ2) is 7.91. The molecule has 0 aromatic rings. The maximum absolute atomic E-state index is 10.1. The molecule has 0 aromatic heterocycles. The predicted molar refractivity (Wildman–Crippen MR) is 48.6 cm³/mol. The van der Waals surface area contributed by atoms with Crippen molar-refractivity contribution in [3.05, 3.63) is 0 Å². The summed E-state index contributed by atoms with van der Waals surface area (Å²) in [6, 6.07) is 0. The van der Waals surface area contributed by atoms with E-state index >= 15 is 0 Å². The van der Waals surface area contributed by atoms with Crippen LogP contribution in [0.1, 0.15) is 25.7 Å². The van der Waals surface area contributed by atoms with Crippen molar-refractivity contribution in [1.82, 2.24) is 0 Å². The topological polar surface area (TPSA) is 136 Å². The van der Waals surface area contributed by atoms with Crippen LogP contribution in [0.3, 0.4) is 0 Å². The molecule has 0 heterocycles. The van der Waals surface area contributed by atoms with E-state index in [9.17, 15) is 19.2 Å². The Labute approximate surface area is 94.9 Å². The van der Waals surface area contributed by atoms with Crippen LogP contribution >= 0.6 is 0 Å². The summed E-state index contributed by atoms with van der Waals surface area (Å²) in [5.41, 5.74) is 0. The van der Waals surface area contributed by atoms with Gasteiger partial charge in [-0.2, -0.15) is 0 Å². The molecule has 9 heteroatoms. The van der Waals surface area contributed by atoms with Gasteiger partial charge in [0.2, 0.25) is 0 Å². The third-order valence-corrected chi connectivity index (χ3v) is 1.51. The molecule has 17 heavy (non-hydrogen) atoms. The molecule has 2 N–H and O–H groups in total. The fourth-order valence-corrected chi connectivity index (χ4v) is 0.502. The van der Waals surface area contributed by atoms with E-state index < -0.39 is 24.6 Å². The highest BCUT2D eigenvalue weighted by atomic mass is 16.9. The number of rotatable bonds is 0. The van der Waals surface area contributed by atoms with Gasteiger partial charge in [-0.15, -0.1) is 0 Å². The minimum atomic E-state index is -2.01. The van der Waals surface area contributed by atoms with Crippen LogP contribution in [0.25, 0.3) is 0 Å². The molecule has 0 unspecified atom stereocenters. The Hall–Kier alpha value is -2.32. The Bertz CT molecular complexity index is 274. The normalized spacial score (nSPS) is 12.0. The molecule has 9 nitrogen and oxygen atoms in total. The van der Waals surface area contributed by atoms with Crippen molar-refractivity contribution in [2.75, 3.05) is 0 Å². The lowest BCUT2D eigenvalue weighted by Crippen LogP contribution is -2.19. The van der Waals surface area contributed by atoms with E-state index in [4.69, 9.17) is 10.2 Å². The fourth-order valence-electron chi connectivity index (χ4n) is 0.502. The summed E-state index contributed by atoms with van der Waals surface area (Å²) in [4.78, 5) is 39.5. The zero-order valence-electron chi connectivity index (χ0n) is 8.58. The van der Waals surface area contributed by atoms with Gasteiger partial charge < -0.3 is 24.4 Å². The maximum Gasteiger partial charge on any atom is 0.528 e. The minimum absolute atomic E-state index is 1.50. The van der Waals surface area contributed by atoms with Crippen LogP contribution in [0, 0.1) is 0 Å². The predicted octanol–water partition coefficient (Wildman–Crippen LogP) is 2.19. The van der Waals surface area contributed by atoms with Gasteiger partial charge in [-0.3, -0.25) is 0 Å². The molecule has 0 aliphatic heterocycles. The average molecular weight is 250 g/mol. The Morgan fingerprint density at radius 2 is 0.941 bits per heavy atom. The smallest absolute Gasteiger partial charge is 0.449 e. The number of ether oxygens (including phenoxy) is 3. The van der Waals surface area contributed by atoms with Crippen molar-refractivity contribution >= 4 is 24.6 Å². The third kappa shape index (κ3) is 9.97. The van der Waals surface area contributed by atoms with Crippen LogP contribution < -0.4 is 0 Å². The van der Waals surface area contributed by atoms with Crippen LogP contribution in [0.4, 0.5) is 19.2 Å². The summed E-state index contributed by atoms with van der Waals surface area (Å²) in [7, 11) is 0. The molecule has 0 aromatic carbocycles. The molecule has 0 spiro atoms. The molecular formula is C8H10O9. The second-order valence-corrected chi connectivity index (χ2v) is 2.75. The molecule has 1 aliphatic carbocycles. The number of carboxylic acid groups (broad SMARTS) is 2. The molecule has 1 fully saturated rings. The number of hydrogen-bond donors (Lipinski definition) is 2. The zero-order valence-corrected chi connectivity index (χ0v) is 8.58. The molecule has 0 radical (unpaired) electrons. The summed E-state index contributed by atoms with van der Waals surface area (Å²) < 4.78 is 9.92. The van der Waals surface area contributed by atoms with Gasteiger partial charge in [0.1, 0.15) is 0 Å². The molecule has 0 bridgehead atoms. The summed E-state index contributed by atoms with van der Waals surface area (Å²) >= 11 is 0. The van der Waals surface area contributed by atoms with Crippen molar-refractivity contribution < 1.29 is 43.6 Å². The molecule has 0 saturated heterocycles. The van der Waals surface area contributed by atoms with E-state index in [1.165, 1.54) is 25.7 Å². The van der Waals surface area contributed by atoms with E-state index in [2.05, 4.69) is 14.2 Å². The van der Waals surface area contributed by atoms with Gasteiger partial charge in [-0.05, 0) is 0 Å². The second-order valence-electron chi connectivity index (χ2n) is 2.75. The first-order valence-corrected chi connectivity index (χ1v) is 4.49. The molecular weight excluding hydrogens is 240 g/mol. The first-order valence-electron chi connectivity index (χ1n) is 4.49. The largest absolute Gasteiger partial charge is 0.528 e. The van der Waals surface area contributed by atoms with Crippen LogP contribution in [0.5, 0.6) is 0 Å². The van der Waals surface area contributed by atoms with E-state index in [0.29, 0.717) is 0 Å². The molecule has 1 saturated carbocycles. The van der Waals surface area contributed by atoms with E-state index in [-0.39, 0.29) is 0 Å². The quantitative estimate of drug-likeness (QED) is 0.489. The number of carbonyl (C=O) groups is 4. The molecule has 0 atom stereocenters. The van der Waals surface area contributed by atoms with Crippen molar-refractivity contribution in [1.29, 1.82) is 0 Å². The molecule has 1 aliphatic rings. The van der Waals surface area contributed by atoms with Crippen LogP contribution in [-0.4, -0.2) is 34.8 Å². The Morgan fingerprint density at radius 1 is 0.647 bits per heavy atom. The monoisotopic (exact) mass is 250 g/mol. The van der Waals surface area contributed by atoms with Crippen LogP contribution in [-0.2, 0) is 14.2 Å². The highest BCUT2D eigenvalue weighted by Crippen LogP contribution is 2.15. The van der Waals surface area contributed by atoms with Crippen molar-refractivity contribution in [2.24, 2.45) is 0 Å². The number of carbonyl (C=O) groups excluding carboxylic acids is 2. The first kappa shape index (κ1) is 14.7. The van der Waals surface area contributed by atoms with Gasteiger partial charge >= 0.3 is 24.6 Å². The van der Waals surface area contributed by atoms with Crippen molar-refractivity contribution in [3.63, 3.8) is 0 Å². The van der Waals surface area contributed by atoms with Gasteiger partial charge in [0.15, 0.2) is 0 Å². The van der Waals surface area contributed by atoms with Crippen LogP contribution in [0.15, 0.2) is 0 Å². The van der Waals surface area contributed by atoms with Gasteiger partial charge in [0, 0.05) is 0 Å². The lowest BCUT2D eigenvalue weighted by molar-refractivity contribution is 0.0415. The SMILES string of the molecule is C1CCC1.O=C(O)OC(=O)OC(=O)OC(=O)O. The summed E-state index contributed by atoms with van der Waals surface area (Å²) in [5, 5.41) is 15.6. The van der Waals surface area contributed by atoms with E-state index in [1.54, 1.807) is 0 Å². The minimum Gasteiger partial charge on any atom is -0.449 e. The Balaban J connectivity index is 0.000000529. The third-order valence-electron chi connectivity index (χ3n) is 1.51. The lowest BCUT2D eigenvalue weighted by atomic mass is 10.0. The van der Waals surface area contributed by atoms with Crippen LogP contribution in [0.2, 0.25) is 0 Å². The standard InChI is InChI=1S/C4H2O9.C4H8/c5-1(6)11-3(9)13-4(10)12-2(7)8;1-2-4-3-1/h(H,5,6)(H,7,8);1-4H2. The summed E-state index contributed by atoms with van der Waals surface area (Å²) in [6.45, 7) is 0. The Kier molecular flexibility index (Phi) is 6.83. The molecule has 1 rings (SSSR count). The first-order chi connectivity index (χ1) is 7.91. The van der Waals surface area contributed by atoms with Gasteiger partial charge in [0.25, 0.3) is 0 Å². The number of hydrogen-bond acceptors (Lipinski definition) is 7. The van der Waals surface area contributed by atoms with Gasteiger partial charge in [0.05, 0.1) is 0 Å². The van der Waals surface area contributed by atoms with Crippen molar-refractivity contribution in [3.8, 4) is 0 Å². The Morgan fingerprint density at radius 3 is 1.12 bits per heavy atom. The van der Waals surface area contributed by atoms with Gasteiger partial charge in [-0.1, -0.05) is 25.7 Å². The molecule has 96 valence electrons. The lowest BCUT2D eigenvalue weighted by Gasteiger charge is -2.05. The van der Waals surface area contributed by atoms with E-state index in [0.717, 1.165) is 0 Å². The highest BCUT2D eigenvalue weighted by Gasteiger charge is 2.18. The highest BCUT2D eigenvalue weighted by molar-refractivity contribution is 5.86. The maximum atomic E-state index is 10.1.